The minimum atomic E-state index is 0.978. The van der Waals surface area contributed by atoms with Crippen LogP contribution in [0.4, 0.5) is 0 Å². The normalized spacial score (nSPS) is 46.3. The molecule has 0 saturated heterocycles. The van der Waals surface area contributed by atoms with E-state index in [4.69, 9.17) is 0 Å². The van der Waals surface area contributed by atoms with E-state index >= 15 is 0 Å². The van der Waals surface area contributed by atoms with Crippen molar-refractivity contribution in [2.45, 2.75) is 72.1 Å². The van der Waals surface area contributed by atoms with Gasteiger partial charge in [-0.1, -0.05) is 52.9 Å². The Hall–Kier alpha value is 0. The number of fused-ring (bicyclic) bond motifs is 2. The molecule has 0 nitrogen and oxygen atoms in total. The summed E-state index contributed by atoms with van der Waals surface area (Å²) in [6.45, 7) is 7.50. The molecule has 0 N–H and O–H groups in total. The lowest BCUT2D eigenvalue weighted by atomic mass is 9.85. The lowest BCUT2D eigenvalue weighted by Crippen LogP contribution is -2.11. The van der Waals surface area contributed by atoms with Crippen LogP contribution in [0.2, 0.25) is 0 Å². The van der Waals surface area contributed by atoms with Crippen molar-refractivity contribution < 1.29 is 0 Å². The first-order valence-corrected chi connectivity index (χ1v) is 7.66. The van der Waals surface area contributed by atoms with Gasteiger partial charge in [-0.25, -0.2) is 0 Å². The Balaban J connectivity index is 1.97. The third kappa shape index (κ3) is 3.02. The highest BCUT2D eigenvalue weighted by Crippen LogP contribution is 2.43. The van der Waals surface area contributed by atoms with Crippen LogP contribution in [0.3, 0.4) is 0 Å². The molecule has 2 bridgehead atoms. The van der Waals surface area contributed by atoms with Crippen LogP contribution in [0.25, 0.3) is 0 Å². The van der Waals surface area contributed by atoms with Gasteiger partial charge in [-0.3, -0.25) is 0 Å². The SMILES string of the molecule is CC1CCCC(C)C2CCC(C2)C(C)CC1. The molecule has 0 aromatic rings. The summed E-state index contributed by atoms with van der Waals surface area (Å²) < 4.78 is 0. The van der Waals surface area contributed by atoms with Crippen molar-refractivity contribution in [1.29, 1.82) is 0 Å². The first-order valence-electron chi connectivity index (χ1n) is 7.66. The summed E-state index contributed by atoms with van der Waals surface area (Å²) in [5.74, 6) is 5.12. The molecule has 0 heteroatoms. The molecular weight excluding hydrogens is 192 g/mol. The molecule has 0 aromatic heterocycles. The molecule has 0 heterocycles. The van der Waals surface area contributed by atoms with Crippen molar-refractivity contribution >= 4 is 0 Å². The van der Waals surface area contributed by atoms with Gasteiger partial charge in [-0.2, -0.15) is 0 Å². The predicted molar refractivity (Wildman–Crippen MR) is 71.4 cm³/mol. The van der Waals surface area contributed by atoms with Gasteiger partial charge in [-0.05, 0) is 48.9 Å². The lowest BCUT2D eigenvalue weighted by Gasteiger charge is -2.21. The maximum absolute atomic E-state index is 2.52. The van der Waals surface area contributed by atoms with E-state index in [1.54, 1.807) is 6.42 Å². The molecule has 0 aliphatic heterocycles. The second-order valence-corrected chi connectivity index (χ2v) is 6.90. The molecule has 0 spiro atoms. The monoisotopic (exact) mass is 222 g/mol. The first-order chi connectivity index (χ1) is 7.66. The second-order valence-electron chi connectivity index (χ2n) is 6.90. The summed E-state index contributed by atoms with van der Waals surface area (Å²) in [5, 5.41) is 0. The number of hydrogen-bond acceptors (Lipinski definition) is 0. The molecule has 2 aliphatic rings. The van der Waals surface area contributed by atoms with E-state index in [1.807, 2.05) is 0 Å². The van der Waals surface area contributed by atoms with Gasteiger partial charge in [0, 0.05) is 0 Å². The first kappa shape index (κ1) is 12.5. The fraction of sp³-hybridized carbons (Fsp3) is 1.00. The maximum atomic E-state index is 2.52. The van der Waals surface area contributed by atoms with E-state index in [2.05, 4.69) is 20.8 Å². The van der Waals surface area contributed by atoms with Crippen LogP contribution in [0, 0.1) is 29.6 Å². The standard InChI is InChI=1S/C16H30/c1-12-5-4-6-13(2)15-9-10-16(11-15)14(3)8-7-12/h12-16H,4-11H2,1-3H3. The highest BCUT2D eigenvalue weighted by atomic mass is 14.4. The van der Waals surface area contributed by atoms with Gasteiger partial charge in [0.2, 0.25) is 0 Å². The van der Waals surface area contributed by atoms with Crippen LogP contribution >= 0.6 is 0 Å². The number of rotatable bonds is 0. The summed E-state index contributed by atoms with van der Waals surface area (Å²) in [7, 11) is 0. The molecule has 0 amide bonds. The zero-order valence-corrected chi connectivity index (χ0v) is 11.5. The summed E-state index contributed by atoms with van der Waals surface area (Å²) in [6, 6.07) is 0. The van der Waals surface area contributed by atoms with Gasteiger partial charge in [0.1, 0.15) is 0 Å². The largest absolute Gasteiger partial charge is 0.0625 e. The van der Waals surface area contributed by atoms with Gasteiger partial charge in [0.05, 0.1) is 0 Å². The fourth-order valence-corrected chi connectivity index (χ4v) is 4.04. The van der Waals surface area contributed by atoms with Gasteiger partial charge in [0.25, 0.3) is 0 Å². The Kier molecular flexibility index (Phi) is 4.33. The van der Waals surface area contributed by atoms with Crippen molar-refractivity contribution in [1.82, 2.24) is 0 Å². The van der Waals surface area contributed by atoms with Gasteiger partial charge in [-0.15, -0.1) is 0 Å². The summed E-state index contributed by atoms with van der Waals surface area (Å²) in [6.07, 6.45) is 12.1. The minimum absolute atomic E-state index is 0.978. The van der Waals surface area contributed by atoms with E-state index in [9.17, 15) is 0 Å². The minimum Gasteiger partial charge on any atom is -0.0625 e. The molecule has 2 rings (SSSR count). The van der Waals surface area contributed by atoms with Crippen LogP contribution in [0.1, 0.15) is 72.1 Å². The van der Waals surface area contributed by atoms with Gasteiger partial charge >= 0.3 is 0 Å². The highest BCUT2D eigenvalue weighted by molar-refractivity contribution is 4.82. The van der Waals surface area contributed by atoms with Crippen molar-refractivity contribution in [2.24, 2.45) is 29.6 Å². The molecule has 16 heavy (non-hydrogen) atoms. The van der Waals surface area contributed by atoms with Crippen LogP contribution in [0.5, 0.6) is 0 Å². The van der Waals surface area contributed by atoms with Crippen LogP contribution < -0.4 is 0 Å². The van der Waals surface area contributed by atoms with Crippen molar-refractivity contribution in [3.63, 3.8) is 0 Å². The van der Waals surface area contributed by atoms with E-state index in [0.29, 0.717) is 0 Å². The van der Waals surface area contributed by atoms with Crippen LogP contribution in [-0.4, -0.2) is 0 Å². The molecule has 0 radical (unpaired) electrons. The molecule has 5 unspecified atom stereocenters. The summed E-state index contributed by atoms with van der Waals surface area (Å²) >= 11 is 0. The topological polar surface area (TPSA) is 0 Å². The van der Waals surface area contributed by atoms with Crippen molar-refractivity contribution in [2.75, 3.05) is 0 Å². The summed E-state index contributed by atoms with van der Waals surface area (Å²) in [5.41, 5.74) is 0. The Morgan fingerprint density at radius 3 is 1.94 bits per heavy atom. The summed E-state index contributed by atoms with van der Waals surface area (Å²) in [4.78, 5) is 0. The average molecular weight is 222 g/mol. The van der Waals surface area contributed by atoms with E-state index in [-0.39, 0.29) is 0 Å². The molecule has 0 aromatic carbocycles. The Labute approximate surface area is 102 Å². The maximum Gasteiger partial charge on any atom is -0.0386 e. The predicted octanol–water partition coefficient (Wildman–Crippen LogP) is 5.28. The van der Waals surface area contributed by atoms with Crippen molar-refractivity contribution in [3.8, 4) is 0 Å². The van der Waals surface area contributed by atoms with Gasteiger partial charge in [0.15, 0.2) is 0 Å². The molecule has 2 aliphatic carbocycles. The number of hydrogen-bond donors (Lipinski definition) is 0. The third-order valence-electron chi connectivity index (χ3n) is 5.59. The molecule has 5 atom stereocenters. The van der Waals surface area contributed by atoms with E-state index < -0.39 is 0 Å². The quantitative estimate of drug-likeness (QED) is 0.523. The van der Waals surface area contributed by atoms with E-state index in [1.165, 1.54) is 44.9 Å². The molecule has 2 fully saturated rings. The zero-order chi connectivity index (χ0) is 11.5. The van der Waals surface area contributed by atoms with Gasteiger partial charge < -0.3 is 0 Å². The lowest BCUT2D eigenvalue weighted by molar-refractivity contribution is 0.295. The van der Waals surface area contributed by atoms with E-state index in [0.717, 1.165) is 29.6 Å². The molecule has 2 saturated carbocycles. The second kappa shape index (κ2) is 5.56. The van der Waals surface area contributed by atoms with Crippen LogP contribution in [0.15, 0.2) is 0 Å². The zero-order valence-electron chi connectivity index (χ0n) is 11.5. The smallest absolute Gasteiger partial charge is 0.0386 e. The third-order valence-corrected chi connectivity index (χ3v) is 5.59. The molecule has 94 valence electrons. The molecular formula is C16H30. The Morgan fingerprint density at radius 2 is 1.25 bits per heavy atom. The van der Waals surface area contributed by atoms with Crippen molar-refractivity contribution in [3.05, 3.63) is 0 Å². The fourth-order valence-electron chi connectivity index (χ4n) is 4.04. The van der Waals surface area contributed by atoms with Crippen LogP contribution in [-0.2, 0) is 0 Å². The highest BCUT2D eigenvalue weighted by Gasteiger charge is 2.31. The Morgan fingerprint density at radius 1 is 0.625 bits per heavy atom. The Bertz CT molecular complexity index is 208. The average Bonchev–Trinajstić information content (AvgIpc) is 2.73.